The molecule has 0 aliphatic rings. The van der Waals surface area contributed by atoms with E-state index >= 15 is 0 Å². The number of carbonyl (C=O) groups excluding carboxylic acids is 6. The lowest BCUT2D eigenvalue weighted by atomic mass is 10.1. The third kappa shape index (κ3) is 35.7. The number of hydrogen-bond acceptors (Lipinski definition) is 18. The Bertz CT molecular complexity index is 5630. The van der Waals surface area contributed by atoms with E-state index < -0.39 is 11.8 Å². The highest BCUT2D eigenvalue weighted by atomic mass is 127. The van der Waals surface area contributed by atoms with Gasteiger partial charge in [-0.2, -0.15) is 0 Å². The van der Waals surface area contributed by atoms with Gasteiger partial charge < -0.3 is 56.8 Å². The Morgan fingerprint density at radius 3 is 0.832 bits per heavy atom. The van der Waals surface area contributed by atoms with Crippen LogP contribution in [0, 0.1) is 92.8 Å². The average molecular weight is 2170 g/mol. The van der Waals surface area contributed by atoms with Crippen molar-refractivity contribution in [3.8, 4) is 69.0 Å². The van der Waals surface area contributed by atoms with Gasteiger partial charge in [0, 0.05) is 105 Å². The van der Waals surface area contributed by atoms with E-state index in [4.69, 9.17) is 68.4 Å². The van der Waals surface area contributed by atoms with Gasteiger partial charge in [-0.05, 0) is 279 Å². The minimum atomic E-state index is -0.540. The summed E-state index contributed by atoms with van der Waals surface area (Å²) >= 11 is 11.8. The van der Waals surface area contributed by atoms with E-state index in [1.165, 1.54) is 54.6 Å². The molecule has 0 spiro atoms. The van der Waals surface area contributed by atoms with Crippen LogP contribution in [0.5, 0.6) is 69.0 Å². The molecule has 0 atom stereocenters. The lowest BCUT2D eigenvalue weighted by Gasteiger charge is -2.16. The molecule has 0 N–H and O–H groups in total. The fourth-order valence-electron chi connectivity index (χ4n) is 13.7. The van der Waals surface area contributed by atoms with Gasteiger partial charge in [-0.25, -0.2) is 30.7 Å². The summed E-state index contributed by atoms with van der Waals surface area (Å²) in [5, 5.41) is 0.432. The first kappa shape index (κ1) is 117. The Hall–Kier alpha value is -12.7. The smallest absolute Gasteiger partial charge is 0.310 e. The fourth-order valence-corrected chi connectivity index (χ4v) is 15.0. The zero-order chi connectivity index (χ0) is 105. The standard InChI is InChI=1S/C20H23FO3.C19H20BrFO3.C19H20ClFO3.C19H20F2O3.C19H20FIO3.C19H21FO3/c1-5-15-10-14(4)17(21)11-19(15)23-12-16-13(3)8-7-9-18(16)24-20(22)6-2;3*1-4-13-9-12(3)16(21)10-18(13)23-11-14-15(20)7-6-8-17(14)24-19(22)5-2;1-4-13-9-12(3)15(20)10-18(13)23-11-14-16(21)7-6-8-17(14)24-19(22)5-2;1-4-14-10-13(3)16(20)11-18(14)22-12-15-8-6-7-9-17(15)23-19(21)5-2/h7-11H,5-6,12H2,1-4H3;4*6-10H,4-5,11H2,1-3H3;6-11H,4-5,12H2,1-3H3. The number of para-hydroxylation sites is 1. The molecule has 0 saturated heterocycles. The Morgan fingerprint density at radius 2 is 0.490 bits per heavy atom. The van der Waals surface area contributed by atoms with Crippen LogP contribution < -0.4 is 56.8 Å². The molecule has 143 heavy (non-hydrogen) atoms. The van der Waals surface area contributed by atoms with Gasteiger partial charge in [0.1, 0.15) is 149 Å². The number of esters is 6. The van der Waals surface area contributed by atoms with Gasteiger partial charge in [-0.3, -0.25) is 28.8 Å². The third-order valence-corrected chi connectivity index (χ3v) is 24.4. The van der Waals surface area contributed by atoms with Gasteiger partial charge >= 0.3 is 35.8 Å². The number of carbonyl (C=O) groups is 6. The molecule has 0 unspecified atom stereocenters. The zero-order valence-electron chi connectivity index (χ0n) is 84.3. The van der Waals surface area contributed by atoms with Gasteiger partial charge in [0.25, 0.3) is 0 Å². The zero-order valence-corrected chi connectivity index (χ0v) is 88.8. The number of halogens is 10. The molecule has 0 saturated carbocycles. The second-order valence-electron chi connectivity index (χ2n) is 32.6. The van der Waals surface area contributed by atoms with Crippen LogP contribution in [0.1, 0.15) is 227 Å². The monoisotopic (exact) mass is 2170 g/mol. The molecule has 762 valence electrons. The molecule has 0 aromatic heterocycles. The van der Waals surface area contributed by atoms with Crippen LogP contribution in [0.4, 0.5) is 30.7 Å². The van der Waals surface area contributed by atoms with Crippen molar-refractivity contribution in [1.82, 2.24) is 0 Å². The molecule has 0 heterocycles. The van der Waals surface area contributed by atoms with Gasteiger partial charge in [0.15, 0.2) is 0 Å². The predicted octanol–water partition coefficient (Wildman–Crippen LogP) is 30.0. The van der Waals surface area contributed by atoms with Crippen molar-refractivity contribution < 1.29 is 116 Å². The first-order valence-corrected chi connectivity index (χ1v) is 49.6. The lowest BCUT2D eigenvalue weighted by molar-refractivity contribution is -0.135. The molecule has 0 bridgehead atoms. The molecular weight excluding hydrogens is 2040 g/mol. The minimum absolute atomic E-state index is 0.0848. The van der Waals surface area contributed by atoms with Crippen molar-refractivity contribution in [2.45, 2.75) is 248 Å². The Labute approximate surface area is 861 Å². The number of hydrogen-bond donors (Lipinski definition) is 0. The van der Waals surface area contributed by atoms with E-state index in [0.29, 0.717) is 138 Å². The summed E-state index contributed by atoms with van der Waals surface area (Å²) in [5.41, 5.74) is 13.7. The molecule has 0 aliphatic heterocycles. The number of rotatable bonds is 36. The van der Waals surface area contributed by atoms with Crippen LogP contribution in [0.25, 0.3) is 0 Å². The van der Waals surface area contributed by atoms with Crippen molar-refractivity contribution >= 4 is 85.9 Å². The molecule has 0 fully saturated rings. The first-order chi connectivity index (χ1) is 68.3. The van der Waals surface area contributed by atoms with Crippen LogP contribution in [0.15, 0.2) is 193 Å². The van der Waals surface area contributed by atoms with Crippen LogP contribution in [0.3, 0.4) is 0 Å². The van der Waals surface area contributed by atoms with E-state index in [0.717, 1.165) is 95.8 Å². The van der Waals surface area contributed by atoms with E-state index in [-0.39, 0.29) is 135 Å². The molecule has 0 aliphatic carbocycles. The summed E-state index contributed by atoms with van der Waals surface area (Å²) in [6.07, 6.45) is 6.01. The van der Waals surface area contributed by atoms with Gasteiger partial charge in [0.05, 0.1) is 16.1 Å². The lowest BCUT2D eigenvalue weighted by Crippen LogP contribution is -2.10. The summed E-state index contributed by atoms with van der Waals surface area (Å²) in [6, 6.07) is 51.8. The maximum absolute atomic E-state index is 14.1. The van der Waals surface area contributed by atoms with E-state index in [1.807, 2.05) is 90.9 Å². The Morgan fingerprint density at radius 1 is 0.245 bits per heavy atom. The number of benzene rings is 12. The second kappa shape index (κ2) is 59.4. The maximum atomic E-state index is 14.1. The van der Waals surface area contributed by atoms with E-state index in [2.05, 4.69) is 38.5 Å². The second-order valence-corrected chi connectivity index (χ2v) is 35.0. The largest absolute Gasteiger partial charge is 0.488 e. The molecule has 12 aromatic carbocycles. The van der Waals surface area contributed by atoms with Crippen molar-refractivity contribution in [2.75, 3.05) is 0 Å². The SMILES string of the molecule is CCC(=O)Oc1cccc(Br)c1COc1cc(F)c(C)cc1CC.CCC(=O)Oc1cccc(C)c1COc1cc(F)c(C)cc1CC.CCC(=O)Oc1cccc(Cl)c1COc1cc(F)c(C)cc1CC.CCC(=O)Oc1cccc(F)c1COc1cc(F)c(C)cc1CC.CCC(=O)Oc1cccc(I)c1COc1cc(F)c(C)cc1CC.CCC(=O)Oc1ccccc1COc1cc(F)c(C)cc1CC. The van der Waals surface area contributed by atoms with Crippen LogP contribution in [-0.2, 0) is 107 Å². The summed E-state index contributed by atoms with van der Waals surface area (Å²) in [7, 11) is 0. The summed E-state index contributed by atoms with van der Waals surface area (Å²) in [4.78, 5) is 69.2. The Balaban J connectivity index is 0.000000233. The van der Waals surface area contributed by atoms with Gasteiger partial charge in [-0.1, -0.05) is 165 Å². The highest BCUT2D eigenvalue weighted by Crippen LogP contribution is 2.38. The molecular formula is C115H124BrClF7IO18. The van der Waals surface area contributed by atoms with Crippen LogP contribution >= 0.6 is 50.1 Å². The maximum Gasteiger partial charge on any atom is 0.310 e. The highest BCUT2D eigenvalue weighted by Gasteiger charge is 2.23. The predicted molar refractivity (Wildman–Crippen MR) is 553 cm³/mol. The molecule has 0 amide bonds. The molecule has 0 radical (unpaired) electrons. The highest BCUT2D eigenvalue weighted by molar-refractivity contribution is 14.1. The van der Waals surface area contributed by atoms with Crippen molar-refractivity contribution in [3.05, 3.63) is 348 Å². The topological polar surface area (TPSA) is 213 Å². The third-order valence-electron chi connectivity index (χ3n) is 22.3. The summed E-state index contributed by atoms with van der Waals surface area (Å²) < 4.78 is 165. The summed E-state index contributed by atoms with van der Waals surface area (Å²) in [6.45, 7) is 35.2. The molecule has 12 rings (SSSR count). The van der Waals surface area contributed by atoms with Crippen molar-refractivity contribution in [1.29, 1.82) is 0 Å². The average Bonchev–Trinajstić information content (AvgIpc) is 0.840. The first-order valence-electron chi connectivity index (χ1n) is 47.3. The minimum Gasteiger partial charge on any atom is -0.488 e. The number of ether oxygens (including phenoxy) is 12. The van der Waals surface area contributed by atoms with Gasteiger partial charge in [0.2, 0.25) is 0 Å². The van der Waals surface area contributed by atoms with Gasteiger partial charge in [-0.15, -0.1) is 0 Å². The number of aryl methyl sites for hydroxylation is 13. The molecule has 28 heteroatoms. The Kier molecular flexibility index (Phi) is 48.7. The van der Waals surface area contributed by atoms with Crippen molar-refractivity contribution in [2.24, 2.45) is 0 Å². The molecule has 12 aromatic rings. The normalized spacial score (nSPS) is 10.5. The van der Waals surface area contributed by atoms with Crippen molar-refractivity contribution in [3.63, 3.8) is 0 Å². The van der Waals surface area contributed by atoms with E-state index in [1.54, 1.807) is 174 Å². The van der Waals surface area contributed by atoms with Crippen LogP contribution in [-0.4, -0.2) is 35.8 Å². The fraction of sp³-hybridized carbons (Fsp3) is 0.322. The van der Waals surface area contributed by atoms with E-state index in [9.17, 15) is 59.5 Å². The molecule has 18 nitrogen and oxygen atoms in total. The van der Waals surface area contributed by atoms with Crippen LogP contribution in [0.2, 0.25) is 5.02 Å². The quantitative estimate of drug-likeness (QED) is 0.0154. The summed E-state index contributed by atoms with van der Waals surface area (Å²) in [5.74, 6) is 0.851.